The molecule has 2 nitrogen and oxygen atoms in total. The Bertz CT molecular complexity index is 1100. The largest absolute Gasteiger partial charge is 0.354 e. The zero-order valence-corrected chi connectivity index (χ0v) is 14.7. The Morgan fingerprint density at radius 1 is 0.885 bits per heavy atom. The summed E-state index contributed by atoms with van der Waals surface area (Å²) < 4.78 is 0. The van der Waals surface area contributed by atoms with Crippen molar-refractivity contribution in [3.63, 3.8) is 0 Å². The van der Waals surface area contributed by atoms with Crippen molar-refractivity contribution in [3.05, 3.63) is 101 Å². The standard InChI is InChI=1S/C23H16ClNO/c24-18-11-13-21-20(15-18)19(23(25-21)17-9-5-2-6-10-17)12-14-22(26)16-7-3-1-4-8-16/h1-15,25H/b14-12+. The molecule has 0 unspecified atom stereocenters. The normalized spacial score (nSPS) is 11.3. The summed E-state index contributed by atoms with van der Waals surface area (Å²) in [5.41, 5.74) is 4.65. The van der Waals surface area contributed by atoms with Gasteiger partial charge in [0.05, 0.1) is 5.69 Å². The van der Waals surface area contributed by atoms with Gasteiger partial charge < -0.3 is 4.98 Å². The average Bonchev–Trinajstić information content (AvgIpc) is 3.05. The van der Waals surface area contributed by atoms with E-state index in [1.165, 1.54) is 0 Å². The molecule has 26 heavy (non-hydrogen) atoms. The van der Waals surface area contributed by atoms with Gasteiger partial charge in [0.25, 0.3) is 0 Å². The molecule has 126 valence electrons. The third-order valence-electron chi connectivity index (χ3n) is 4.32. The molecule has 4 rings (SSSR count). The van der Waals surface area contributed by atoms with Gasteiger partial charge in [-0.15, -0.1) is 0 Å². The van der Waals surface area contributed by atoms with Crippen molar-refractivity contribution in [3.8, 4) is 11.3 Å². The molecule has 0 radical (unpaired) electrons. The summed E-state index contributed by atoms with van der Waals surface area (Å²) in [6.07, 6.45) is 3.48. The summed E-state index contributed by atoms with van der Waals surface area (Å²) in [5.74, 6) is -0.0269. The Balaban J connectivity index is 1.83. The van der Waals surface area contributed by atoms with Crippen LogP contribution in [0.5, 0.6) is 0 Å². The van der Waals surface area contributed by atoms with Crippen LogP contribution in [0.1, 0.15) is 15.9 Å². The van der Waals surface area contributed by atoms with Crippen molar-refractivity contribution in [2.24, 2.45) is 0 Å². The summed E-state index contributed by atoms with van der Waals surface area (Å²) in [5, 5.41) is 1.66. The highest BCUT2D eigenvalue weighted by atomic mass is 35.5. The molecule has 0 aliphatic heterocycles. The predicted octanol–water partition coefficient (Wildman–Crippen LogP) is 6.38. The van der Waals surface area contributed by atoms with Crippen molar-refractivity contribution in [2.45, 2.75) is 0 Å². The first-order valence-electron chi connectivity index (χ1n) is 8.36. The van der Waals surface area contributed by atoms with Gasteiger partial charge in [0.1, 0.15) is 0 Å². The lowest BCUT2D eigenvalue weighted by atomic mass is 10.0. The Hall–Kier alpha value is -3.10. The van der Waals surface area contributed by atoms with Crippen molar-refractivity contribution >= 4 is 34.4 Å². The number of nitrogens with one attached hydrogen (secondary N) is 1. The van der Waals surface area contributed by atoms with Crippen LogP contribution in [-0.4, -0.2) is 10.8 Å². The van der Waals surface area contributed by atoms with E-state index in [2.05, 4.69) is 4.98 Å². The molecule has 0 fully saturated rings. The number of ketones is 1. The van der Waals surface area contributed by atoms with Gasteiger partial charge in [-0.2, -0.15) is 0 Å². The van der Waals surface area contributed by atoms with Gasteiger partial charge in [0.15, 0.2) is 5.78 Å². The van der Waals surface area contributed by atoms with Crippen molar-refractivity contribution in [1.82, 2.24) is 4.98 Å². The molecule has 0 aliphatic rings. The number of carbonyl (C=O) groups excluding carboxylic acids is 1. The van der Waals surface area contributed by atoms with E-state index in [1.807, 2.05) is 84.9 Å². The second kappa shape index (κ2) is 7.03. The van der Waals surface area contributed by atoms with Crippen molar-refractivity contribution in [2.75, 3.05) is 0 Å². The number of fused-ring (bicyclic) bond motifs is 1. The Kier molecular flexibility index (Phi) is 4.42. The lowest BCUT2D eigenvalue weighted by Crippen LogP contribution is -1.92. The zero-order valence-electron chi connectivity index (χ0n) is 13.9. The Morgan fingerprint density at radius 3 is 2.31 bits per heavy atom. The number of aromatic nitrogens is 1. The average molecular weight is 358 g/mol. The first-order valence-corrected chi connectivity index (χ1v) is 8.74. The van der Waals surface area contributed by atoms with E-state index >= 15 is 0 Å². The number of H-pyrrole nitrogens is 1. The first-order chi connectivity index (χ1) is 12.7. The van der Waals surface area contributed by atoms with Crippen molar-refractivity contribution in [1.29, 1.82) is 0 Å². The minimum Gasteiger partial charge on any atom is -0.354 e. The monoisotopic (exact) mass is 357 g/mol. The van der Waals surface area contributed by atoms with E-state index < -0.39 is 0 Å². The van der Waals surface area contributed by atoms with Gasteiger partial charge in [0.2, 0.25) is 0 Å². The van der Waals surface area contributed by atoms with Gasteiger partial charge >= 0.3 is 0 Å². The fraction of sp³-hybridized carbons (Fsp3) is 0. The quantitative estimate of drug-likeness (QED) is 0.333. The fourth-order valence-electron chi connectivity index (χ4n) is 3.05. The highest BCUT2D eigenvalue weighted by Gasteiger charge is 2.12. The number of halogens is 1. The number of hydrogen-bond acceptors (Lipinski definition) is 1. The molecule has 0 atom stereocenters. The molecule has 3 aromatic carbocycles. The Labute approximate surface area is 156 Å². The minimum atomic E-state index is -0.0269. The van der Waals surface area contributed by atoms with E-state index in [0.717, 1.165) is 27.7 Å². The summed E-state index contributed by atoms with van der Waals surface area (Å²) in [6.45, 7) is 0. The lowest BCUT2D eigenvalue weighted by Gasteiger charge is -2.01. The second-order valence-electron chi connectivity index (χ2n) is 6.03. The molecule has 0 aliphatic carbocycles. The molecular weight excluding hydrogens is 342 g/mol. The number of carbonyl (C=O) groups is 1. The molecule has 1 aromatic heterocycles. The molecule has 4 aromatic rings. The van der Waals surface area contributed by atoms with Crippen LogP contribution in [0.4, 0.5) is 0 Å². The van der Waals surface area contributed by atoms with E-state index in [4.69, 9.17) is 11.6 Å². The molecule has 0 saturated heterocycles. The predicted molar refractivity (Wildman–Crippen MR) is 109 cm³/mol. The van der Waals surface area contributed by atoms with Crippen LogP contribution in [0.15, 0.2) is 84.9 Å². The SMILES string of the molecule is O=C(/C=C/c1c(-c2ccccc2)[nH]c2ccc(Cl)cc12)c1ccccc1. The van der Waals surface area contributed by atoms with E-state index in [0.29, 0.717) is 10.6 Å². The summed E-state index contributed by atoms with van der Waals surface area (Å²) in [6, 6.07) is 25.1. The summed E-state index contributed by atoms with van der Waals surface area (Å²) in [4.78, 5) is 15.9. The highest BCUT2D eigenvalue weighted by Crippen LogP contribution is 2.33. The van der Waals surface area contributed by atoms with Gasteiger partial charge in [0, 0.05) is 27.1 Å². The van der Waals surface area contributed by atoms with Crippen LogP contribution in [0, 0.1) is 0 Å². The maximum Gasteiger partial charge on any atom is 0.185 e. The van der Waals surface area contributed by atoms with E-state index in [1.54, 1.807) is 6.08 Å². The fourth-order valence-corrected chi connectivity index (χ4v) is 3.22. The molecule has 0 bridgehead atoms. The first kappa shape index (κ1) is 16.4. The molecule has 0 amide bonds. The van der Waals surface area contributed by atoms with Gasteiger partial charge in [-0.05, 0) is 35.9 Å². The minimum absolute atomic E-state index is 0.0269. The van der Waals surface area contributed by atoms with Crippen LogP contribution in [0.2, 0.25) is 5.02 Å². The molecule has 1 N–H and O–H groups in total. The van der Waals surface area contributed by atoms with Crippen LogP contribution < -0.4 is 0 Å². The van der Waals surface area contributed by atoms with Gasteiger partial charge in [-0.25, -0.2) is 0 Å². The second-order valence-corrected chi connectivity index (χ2v) is 6.47. The molecule has 3 heteroatoms. The van der Waals surface area contributed by atoms with Crippen LogP contribution in [0.3, 0.4) is 0 Å². The van der Waals surface area contributed by atoms with E-state index in [9.17, 15) is 4.79 Å². The number of aromatic amines is 1. The van der Waals surface area contributed by atoms with Crippen molar-refractivity contribution < 1.29 is 4.79 Å². The molecular formula is C23H16ClNO. The smallest absolute Gasteiger partial charge is 0.185 e. The maximum atomic E-state index is 12.5. The molecule has 0 spiro atoms. The number of allylic oxidation sites excluding steroid dienone is 1. The van der Waals surface area contributed by atoms with Crippen LogP contribution in [-0.2, 0) is 0 Å². The maximum absolute atomic E-state index is 12.5. The zero-order chi connectivity index (χ0) is 17.9. The van der Waals surface area contributed by atoms with Gasteiger partial charge in [-0.1, -0.05) is 72.3 Å². The lowest BCUT2D eigenvalue weighted by molar-refractivity contribution is 0.104. The number of rotatable bonds is 4. The number of hydrogen-bond donors (Lipinski definition) is 1. The van der Waals surface area contributed by atoms with Crippen LogP contribution in [0.25, 0.3) is 28.2 Å². The third-order valence-corrected chi connectivity index (χ3v) is 4.56. The third kappa shape index (κ3) is 3.19. The molecule has 0 saturated carbocycles. The Morgan fingerprint density at radius 2 is 1.58 bits per heavy atom. The summed E-state index contributed by atoms with van der Waals surface area (Å²) >= 11 is 6.20. The molecule has 1 heterocycles. The van der Waals surface area contributed by atoms with Gasteiger partial charge in [-0.3, -0.25) is 4.79 Å². The summed E-state index contributed by atoms with van der Waals surface area (Å²) in [7, 11) is 0. The van der Waals surface area contributed by atoms with E-state index in [-0.39, 0.29) is 5.78 Å². The highest BCUT2D eigenvalue weighted by molar-refractivity contribution is 6.31. The van der Waals surface area contributed by atoms with Crippen LogP contribution >= 0.6 is 11.6 Å². The number of benzene rings is 3. The topological polar surface area (TPSA) is 32.9 Å².